The second kappa shape index (κ2) is 2.36. The molecule has 0 bridgehead atoms. The van der Waals surface area contributed by atoms with Crippen molar-refractivity contribution in [3.8, 4) is 0 Å². The van der Waals surface area contributed by atoms with E-state index in [0.717, 1.165) is 0 Å². The molecule has 0 saturated heterocycles. The maximum atomic E-state index is 10.1. The molecule has 0 radical (unpaired) electrons. The lowest BCUT2D eigenvalue weighted by Gasteiger charge is -1.93. The molecule has 0 aliphatic carbocycles. The van der Waals surface area contributed by atoms with Gasteiger partial charge in [-0.15, -0.1) is 0 Å². The summed E-state index contributed by atoms with van der Waals surface area (Å²) in [5, 5.41) is 0. The third-order valence-corrected chi connectivity index (χ3v) is 1.55. The molecule has 0 aromatic heterocycles. The van der Waals surface area contributed by atoms with Crippen molar-refractivity contribution in [2.75, 3.05) is 0 Å². The smallest absolute Gasteiger partial charge is 0.321 e. The van der Waals surface area contributed by atoms with Crippen molar-refractivity contribution in [3.05, 3.63) is 0 Å². The normalized spacial score (nSPS) is 13.7. The molecule has 0 aromatic rings. The second-order valence-electron chi connectivity index (χ2n) is 1.40. The summed E-state index contributed by atoms with van der Waals surface area (Å²) in [6.07, 6.45) is 0. The third-order valence-electron chi connectivity index (χ3n) is 0.641. The van der Waals surface area contributed by atoms with Crippen LogP contribution >= 0.6 is 0 Å². The van der Waals surface area contributed by atoms with Gasteiger partial charge in [-0.05, 0) is 6.92 Å². The van der Waals surface area contributed by atoms with E-state index in [4.69, 9.17) is 5.73 Å². The molecular formula is C3H10AlNO. The molecule has 1 atom stereocenters. The van der Waals surface area contributed by atoms with E-state index in [-0.39, 0.29) is 12.1 Å². The molecule has 0 spiro atoms. The van der Waals surface area contributed by atoms with E-state index in [0.29, 0.717) is 16.3 Å². The predicted octanol–water partition coefficient (Wildman–Crippen LogP) is -1.26. The van der Waals surface area contributed by atoms with Crippen molar-refractivity contribution in [2.24, 2.45) is 5.73 Å². The highest BCUT2D eigenvalue weighted by molar-refractivity contribution is 6.58. The van der Waals surface area contributed by atoms with Gasteiger partial charge in [0.2, 0.25) is 0 Å². The van der Waals surface area contributed by atoms with Gasteiger partial charge in [0.25, 0.3) is 0 Å². The van der Waals surface area contributed by atoms with Crippen molar-refractivity contribution in [1.82, 2.24) is 0 Å². The van der Waals surface area contributed by atoms with Crippen molar-refractivity contribution in [3.63, 3.8) is 0 Å². The van der Waals surface area contributed by atoms with E-state index in [9.17, 15) is 4.79 Å². The molecule has 3 heteroatoms. The Balaban J connectivity index is 0. The van der Waals surface area contributed by atoms with Crippen LogP contribution in [0.4, 0.5) is 0 Å². The largest absolute Gasteiger partial charge is 0.323 e. The first kappa shape index (κ1) is 6.16. The minimum absolute atomic E-state index is 0. The van der Waals surface area contributed by atoms with Gasteiger partial charge in [0.1, 0.15) is 0 Å². The number of hydrogen-bond acceptors (Lipinski definition) is 2. The number of hydrogen-bond donors (Lipinski definition) is 1. The van der Waals surface area contributed by atoms with E-state index in [2.05, 4.69) is 0 Å². The van der Waals surface area contributed by atoms with Crippen molar-refractivity contribution < 1.29 is 6.22 Å². The second-order valence-corrected chi connectivity index (χ2v) is 2.38. The Bertz CT molecular complexity index is 66.0. The molecule has 2 nitrogen and oxygen atoms in total. The van der Waals surface area contributed by atoms with Gasteiger partial charge < -0.3 is 10.5 Å². The summed E-state index contributed by atoms with van der Waals surface area (Å²) < 4.78 is 0.176. The maximum Gasteiger partial charge on any atom is 0.321 e. The summed E-state index contributed by atoms with van der Waals surface area (Å²) in [6, 6.07) is -0.225. The van der Waals surface area contributed by atoms with Gasteiger partial charge in [-0.25, -0.2) is 0 Å². The Morgan fingerprint density at radius 1 is 2.17 bits per heavy atom. The molecule has 36 valence electrons. The first-order valence-electron chi connectivity index (χ1n) is 1.90. The van der Waals surface area contributed by atoms with Crippen molar-refractivity contribution >= 4 is 20.9 Å². The topological polar surface area (TPSA) is 43.1 Å². The summed E-state index contributed by atoms with van der Waals surface area (Å²) in [5.74, 6) is 0. The average molecular weight is 103 g/mol. The van der Waals surface area contributed by atoms with E-state index in [1.807, 2.05) is 0 Å². The quantitative estimate of drug-likeness (QED) is 0.421. The summed E-state index contributed by atoms with van der Waals surface area (Å²) in [5.41, 5.74) is 5.12. The highest BCUT2D eigenvalue weighted by Gasteiger charge is 1.94. The van der Waals surface area contributed by atoms with Crippen molar-refractivity contribution in [2.45, 2.75) is 13.0 Å². The lowest BCUT2D eigenvalue weighted by molar-refractivity contribution is -0.112. The fourth-order valence-electron chi connectivity index (χ4n) is 0. The molecule has 1 unspecified atom stereocenters. The average Bonchev–Trinajstić information content (AvgIpc) is 1.36. The van der Waals surface area contributed by atoms with Gasteiger partial charge in [0, 0.05) is 7.47 Å². The Kier molecular flexibility index (Phi) is 2.42. The monoisotopic (exact) mass is 103 g/mol. The number of rotatable bonds is 1. The van der Waals surface area contributed by atoms with Gasteiger partial charge in [-0.3, -0.25) is 0 Å². The Morgan fingerprint density at radius 3 is 2.33 bits per heavy atom. The molecule has 0 fully saturated rings. The number of carbonyl (C=O) groups is 1. The minimum Gasteiger partial charge on any atom is -0.323 e. The summed E-state index contributed by atoms with van der Waals surface area (Å²) >= 11 is 0.590. The molecule has 0 amide bonds. The van der Waals surface area contributed by atoms with Crippen LogP contribution in [-0.4, -0.2) is 27.0 Å². The molecule has 6 heavy (non-hydrogen) atoms. The number of nitrogens with two attached hydrogens (primary N) is 1. The summed E-state index contributed by atoms with van der Waals surface area (Å²) in [4.78, 5) is 10.1. The van der Waals surface area contributed by atoms with Crippen LogP contribution in [0.25, 0.3) is 0 Å². The van der Waals surface area contributed by atoms with E-state index in [1.165, 1.54) is 0 Å². The summed E-state index contributed by atoms with van der Waals surface area (Å²) in [6.45, 7) is 1.70. The SMILES string of the molecule is CC(N)[C](=O)[AlH2].[HH]. The summed E-state index contributed by atoms with van der Waals surface area (Å²) in [7, 11) is 0. The standard InChI is InChI=1S/C3H6NO.Al.H2.2H/c1-3(4)2-5;;;;/h3H,4H2,1H3;;1H;;. The minimum atomic E-state index is -0.225. The third kappa shape index (κ3) is 2.40. The lowest BCUT2D eigenvalue weighted by Crippen LogP contribution is -2.26. The van der Waals surface area contributed by atoms with E-state index >= 15 is 0 Å². The van der Waals surface area contributed by atoms with Crippen LogP contribution in [0, 0.1) is 0 Å². The molecule has 0 aliphatic rings. The highest BCUT2D eigenvalue weighted by atomic mass is 27.0. The van der Waals surface area contributed by atoms with Crippen LogP contribution in [-0.2, 0) is 4.79 Å². The molecule has 0 aromatic carbocycles. The van der Waals surface area contributed by atoms with Gasteiger partial charge in [-0.2, -0.15) is 0 Å². The first-order chi connectivity index (χ1) is 2.64. The van der Waals surface area contributed by atoms with Gasteiger partial charge in [-0.1, -0.05) is 0 Å². The van der Waals surface area contributed by atoms with Crippen LogP contribution in [0.15, 0.2) is 0 Å². The van der Waals surface area contributed by atoms with E-state index < -0.39 is 0 Å². The fourth-order valence-corrected chi connectivity index (χ4v) is 0. The first-order valence-corrected chi connectivity index (χ1v) is 2.90. The van der Waals surface area contributed by atoms with Gasteiger partial charge in [0.05, 0.1) is 4.65 Å². The zero-order valence-electron chi connectivity index (χ0n) is 4.06. The van der Waals surface area contributed by atoms with Crippen molar-refractivity contribution in [1.29, 1.82) is 0 Å². The van der Waals surface area contributed by atoms with Crippen LogP contribution in [0.5, 0.6) is 0 Å². The zero-order valence-corrected chi connectivity index (χ0v) is 6.06. The maximum absolute atomic E-state index is 10.1. The molecule has 0 aliphatic heterocycles. The van der Waals surface area contributed by atoms with Crippen LogP contribution in [0.1, 0.15) is 8.35 Å². The lowest BCUT2D eigenvalue weighted by atomic mass is 10.4. The molecule has 2 N–H and O–H groups in total. The van der Waals surface area contributed by atoms with Crippen LogP contribution < -0.4 is 5.73 Å². The van der Waals surface area contributed by atoms with Gasteiger partial charge in [0.15, 0.2) is 0 Å². The van der Waals surface area contributed by atoms with E-state index in [1.54, 1.807) is 6.92 Å². The molecular weight excluding hydrogens is 93.0 g/mol. The Morgan fingerprint density at radius 2 is 2.33 bits per heavy atom. The number of carbonyl (C=O) groups excluding carboxylic acids is 1. The fraction of sp³-hybridized carbons (Fsp3) is 0.667. The molecule has 0 rings (SSSR count). The molecule has 0 saturated carbocycles. The molecule has 0 heterocycles. The Hall–Kier alpha value is 0.162. The predicted molar refractivity (Wildman–Crippen MR) is 29.3 cm³/mol. The zero-order chi connectivity index (χ0) is 5.15. The van der Waals surface area contributed by atoms with Crippen LogP contribution in [0.2, 0.25) is 0 Å². The van der Waals surface area contributed by atoms with Crippen LogP contribution in [0.3, 0.4) is 0 Å². The Labute approximate surface area is 46.6 Å². The highest BCUT2D eigenvalue weighted by Crippen LogP contribution is 1.67. The van der Waals surface area contributed by atoms with Gasteiger partial charge >= 0.3 is 16.3 Å².